The third-order valence-corrected chi connectivity index (χ3v) is 2.92. The first-order chi connectivity index (χ1) is 9.47. The topological polar surface area (TPSA) is 22.1 Å². The van der Waals surface area contributed by atoms with Crippen LogP contribution in [-0.2, 0) is 6.42 Å². The molecule has 0 aliphatic rings. The monoisotopic (exact) mass is 319 g/mol. The molecule has 0 amide bonds. The standard InChI is InChI=1S/C14H14BF3NO.K/c1-11-10-12(15(16,17)18)5-6-14(11)20-9-7-13-4-2-3-8-19-13;/h2-6,8,10H,7,9H2,1H3;/q-1;+1. The zero-order chi connectivity index (χ0) is 14.6. The van der Waals surface area contributed by atoms with Gasteiger partial charge in [0.15, 0.2) is 0 Å². The smallest absolute Gasteiger partial charge is 0.493 e. The quantitative estimate of drug-likeness (QED) is 0.728. The second-order valence-electron chi connectivity index (χ2n) is 4.52. The average Bonchev–Trinajstić information content (AvgIpc) is 2.40. The fourth-order valence-corrected chi connectivity index (χ4v) is 1.85. The molecule has 0 saturated heterocycles. The summed E-state index contributed by atoms with van der Waals surface area (Å²) >= 11 is 0. The molecule has 1 aromatic carbocycles. The first-order valence-electron chi connectivity index (χ1n) is 6.30. The van der Waals surface area contributed by atoms with Crippen LogP contribution < -0.4 is 61.6 Å². The number of rotatable bonds is 5. The third-order valence-electron chi connectivity index (χ3n) is 2.92. The fraction of sp³-hybridized carbons (Fsp3) is 0.214. The van der Waals surface area contributed by atoms with Crippen LogP contribution in [0.25, 0.3) is 0 Å². The second-order valence-corrected chi connectivity index (χ2v) is 4.52. The maximum atomic E-state index is 12.6. The van der Waals surface area contributed by atoms with Gasteiger partial charge in [-0.05, 0) is 30.7 Å². The Balaban J connectivity index is 0.00000220. The van der Waals surface area contributed by atoms with Crippen molar-refractivity contribution in [1.29, 1.82) is 0 Å². The normalized spacial score (nSPS) is 10.9. The molecule has 0 fully saturated rings. The Bertz CT molecular complexity index is 578. The summed E-state index contributed by atoms with van der Waals surface area (Å²) in [5.74, 6) is 0.477. The van der Waals surface area contributed by atoms with E-state index < -0.39 is 12.4 Å². The van der Waals surface area contributed by atoms with E-state index in [4.69, 9.17) is 4.74 Å². The molecule has 0 aliphatic carbocycles. The van der Waals surface area contributed by atoms with Gasteiger partial charge in [-0.3, -0.25) is 4.98 Å². The molecule has 0 radical (unpaired) electrons. The minimum atomic E-state index is -4.96. The predicted molar refractivity (Wildman–Crippen MR) is 73.3 cm³/mol. The van der Waals surface area contributed by atoms with Gasteiger partial charge in [0.1, 0.15) is 5.75 Å². The van der Waals surface area contributed by atoms with Crippen LogP contribution in [0.5, 0.6) is 5.75 Å². The number of hydrogen-bond acceptors (Lipinski definition) is 2. The third kappa shape index (κ3) is 5.75. The second kappa shape index (κ2) is 8.33. The van der Waals surface area contributed by atoms with E-state index in [2.05, 4.69) is 4.98 Å². The van der Waals surface area contributed by atoms with E-state index in [1.54, 1.807) is 13.1 Å². The van der Waals surface area contributed by atoms with Gasteiger partial charge in [-0.15, -0.1) is 5.46 Å². The summed E-state index contributed by atoms with van der Waals surface area (Å²) in [5, 5.41) is 0. The van der Waals surface area contributed by atoms with Gasteiger partial charge in [0.25, 0.3) is 0 Å². The van der Waals surface area contributed by atoms with Gasteiger partial charge in [-0.2, -0.15) is 0 Å². The Morgan fingerprint density at radius 2 is 1.90 bits per heavy atom. The molecule has 0 N–H and O–H groups in total. The van der Waals surface area contributed by atoms with E-state index in [1.165, 1.54) is 6.07 Å². The first-order valence-corrected chi connectivity index (χ1v) is 6.30. The SMILES string of the molecule is Cc1cc([B-](F)(F)F)ccc1OCCc1ccccn1.[K+]. The summed E-state index contributed by atoms with van der Waals surface area (Å²) in [6.07, 6.45) is 2.31. The molecule has 21 heavy (non-hydrogen) atoms. The van der Waals surface area contributed by atoms with E-state index in [0.717, 1.165) is 17.8 Å². The van der Waals surface area contributed by atoms with Crippen LogP contribution >= 0.6 is 0 Å². The number of pyridine rings is 1. The number of hydrogen-bond donors (Lipinski definition) is 0. The molecule has 1 aromatic heterocycles. The van der Waals surface area contributed by atoms with Crippen molar-refractivity contribution in [3.8, 4) is 5.75 Å². The number of benzene rings is 1. The minimum Gasteiger partial charge on any atom is -0.493 e. The molecule has 1 heterocycles. The van der Waals surface area contributed by atoms with Crippen LogP contribution in [-0.4, -0.2) is 18.6 Å². The summed E-state index contributed by atoms with van der Waals surface area (Å²) in [6.45, 7) is -2.96. The van der Waals surface area contributed by atoms with Crippen molar-refractivity contribution in [3.63, 3.8) is 0 Å². The van der Waals surface area contributed by atoms with Crippen LogP contribution in [0.3, 0.4) is 0 Å². The summed E-state index contributed by atoms with van der Waals surface area (Å²) in [6, 6.07) is 9.14. The van der Waals surface area contributed by atoms with E-state index in [1.807, 2.05) is 18.2 Å². The molecule has 0 unspecified atom stereocenters. The van der Waals surface area contributed by atoms with Crippen molar-refractivity contribution < 1.29 is 69.1 Å². The maximum Gasteiger partial charge on any atom is 1.00 e. The van der Waals surface area contributed by atoms with E-state index in [-0.39, 0.29) is 51.4 Å². The zero-order valence-electron chi connectivity index (χ0n) is 12.0. The van der Waals surface area contributed by atoms with Crippen LogP contribution in [0.2, 0.25) is 0 Å². The Hall–Kier alpha value is -0.339. The van der Waals surface area contributed by atoms with Gasteiger partial charge in [-0.25, -0.2) is 0 Å². The van der Waals surface area contributed by atoms with Crippen molar-refractivity contribution in [3.05, 3.63) is 53.9 Å². The summed E-state index contributed by atoms with van der Waals surface area (Å²) in [5.41, 5.74) is 0.780. The van der Waals surface area contributed by atoms with E-state index >= 15 is 0 Å². The van der Waals surface area contributed by atoms with Crippen LogP contribution in [0, 0.1) is 6.92 Å². The molecular weight excluding hydrogens is 305 g/mol. The van der Waals surface area contributed by atoms with Gasteiger partial charge in [-0.1, -0.05) is 18.2 Å². The molecule has 0 atom stereocenters. The molecular formula is C14H14BF3KNO. The van der Waals surface area contributed by atoms with Gasteiger partial charge < -0.3 is 17.7 Å². The molecule has 0 spiro atoms. The summed E-state index contributed by atoms with van der Waals surface area (Å²) in [7, 11) is 0. The molecule has 2 nitrogen and oxygen atoms in total. The molecule has 0 bridgehead atoms. The van der Waals surface area contributed by atoms with Gasteiger partial charge in [0.2, 0.25) is 0 Å². The van der Waals surface area contributed by atoms with Gasteiger partial charge in [0, 0.05) is 18.3 Å². The number of aromatic nitrogens is 1. The summed E-state index contributed by atoms with van der Waals surface area (Å²) < 4.78 is 43.3. The Morgan fingerprint density at radius 1 is 1.14 bits per heavy atom. The van der Waals surface area contributed by atoms with Crippen molar-refractivity contribution in [1.82, 2.24) is 4.98 Å². The van der Waals surface area contributed by atoms with Crippen molar-refractivity contribution >= 4 is 12.4 Å². The van der Waals surface area contributed by atoms with Crippen LogP contribution in [0.1, 0.15) is 11.3 Å². The average molecular weight is 319 g/mol. The van der Waals surface area contributed by atoms with Crippen LogP contribution in [0.4, 0.5) is 12.9 Å². The largest absolute Gasteiger partial charge is 1.00 e. The number of ether oxygens (including phenoxy) is 1. The molecule has 2 rings (SSSR count). The molecule has 106 valence electrons. The van der Waals surface area contributed by atoms with E-state index in [0.29, 0.717) is 24.3 Å². The molecule has 0 saturated carbocycles. The predicted octanol–water partition coefficient (Wildman–Crippen LogP) is 0.0699. The van der Waals surface area contributed by atoms with Crippen molar-refractivity contribution in [2.75, 3.05) is 6.61 Å². The van der Waals surface area contributed by atoms with Crippen LogP contribution in [0.15, 0.2) is 42.6 Å². The summed E-state index contributed by atoms with van der Waals surface area (Å²) in [4.78, 5) is 4.15. The molecule has 2 aromatic rings. The van der Waals surface area contributed by atoms with Gasteiger partial charge >= 0.3 is 58.4 Å². The zero-order valence-corrected chi connectivity index (χ0v) is 15.1. The molecule has 7 heteroatoms. The fourth-order valence-electron chi connectivity index (χ4n) is 1.85. The van der Waals surface area contributed by atoms with Crippen molar-refractivity contribution in [2.45, 2.75) is 13.3 Å². The number of aryl methyl sites for hydroxylation is 1. The Morgan fingerprint density at radius 3 is 2.48 bits per heavy atom. The van der Waals surface area contributed by atoms with Crippen molar-refractivity contribution in [2.24, 2.45) is 0 Å². The number of nitrogens with zero attached hydrogens (tertiary/aromatic N) is 1. The minimum absolute atomic E-state index is 0. The first kappa shape index (κ1) is 18.7. The number of halogens is 3. The van der Waals surface area contributed by atoms with E-state index in [9.17, 15) is 12.9 Å². The Kier molecular flexibility index (Phi) is 7.43. The maximum absolute atomic E-state index is 12.6. The Labute approximate surface area is 164 Å². The molecule has 0 aliphatic heterocycles. The van der Waals surface area contributed by atoms with Gasteiger partial charge in [0.05, 0.1) is 6.61 Å².